The van der Waals surface area contributed by atoms with Crippen molar-refractivity contribution in [1.82, 2.24) is 20.5 Å². The highest BCUT2D eigenvalue weighted by molar-refractivity contribution is 8.00. The number of aliphatic carboxylic acids is 1. The molecule has 0 bridgehead atoms. The van der Waals surface area contributed by atoms with Gasteiger partial charge in [0, 0.05) is 11.1 Å². The topological polar surface area (TPSA) is 150 Å². The van der Waals surface area contributed by atoms with Crippen molar-refractivity contribution >= 4 is 64.6 Å². The number of alkyl halides is 1. The number of nitrogens with one attached hydrogen (secondary N) is 2. The maximum atomic E-state index is 12.3. The molecule has 1 aromatic rings. The van der Waals surface area contributed by atoms with Crippen LogP contribution in [0, 0.1) is 0 Å². The van der Waals surface area contributed by atoms with Crippen molar-refractivity contribution in [3.63, 3.8) is 0 Å². The van der Waals surface area contributed by atoms with Gasteiger partial charge in [0.2, 0.25) is 12.1 Å². The number of halogens is 1. The molecule has 3 amide bonds. The minimum absolute atomic E-state index is 0.0487. The van der Waals surface area contributed by atoms with Crippen molar-refractivity contribution in [1.29, 1.82) is 0 Å². The van der Waals surface area contributed by atoms with E-state index < -0.39 is 41.3 Å². The lowest BCUT2D eigenvalue weighted by Crippen LogP contribution is -2.70. The standard InChI is InChI=1S/C16H16ClN5O6S2/c1-7-4-30-15-11(14(25)22(15)12(7)16(26)27)20-10(24)3-19-28-13(21-9(23)2-17)8-5-29-6-18-8/h3,5-6,11,13,15H,2,4H2,1H3,(H,20,24)(H,21,23)(H,26,27)/t11?,13?,15-/m0/s1. The van der Waals surface area contributed by atoms with Crippen LogP contribution < -0.4 is 10.6 Å². The molecular weight excluding hydrogens is 458 g/mol. The number of oxime groups is 1. The summed E-state index contributed by atoms with van der Waals surface area (Å²) in [5.74, 6) is -2.77. The summed E-state index contributed by atoms with van der Waals surface area (Å²) in [6.07, 6.45) is -0.220. The maximum Gasteiger partial charge on any atom is 0.352 e. The second kappa shape index (κ2) is 9.45. The Morgan fingerprint density at radius 2 is 2.30 bits per heavy atom. The van der Waals surface area contributed by atoms with Crippen molar-refractivity contribution < 1.29 is 29.1 Å². The molecule has 160 valence electrons. The first kappa shape index (κ1) is 22.1. The number of aromatic nitrogens is 1. The van der Waals surface area contributed by atoms with Crippen molar-refractivity contribution in [3.05, 3.63) is 27.9 Å². The van der Waals surface area contributed by atoms with Crippen LogP contribution in [0.1, 0.15) is 18.8 Å². The molecule has 3 atom stereocenters. The van der Waals surface area contributed by atoms with Gasteiger partial charge in [-0.15, -0.1) is 34.7 Å². The smallest absolute Gasteiger partial charge is 0.352 e. The monoisotopic (exact) mass is 473 g/mol. The average Bonchev–Trinajstić information content (AvgIpc) is 3.25. The van der Waals surface area contributed by atoms with Gasteiger partial charge >= 0.3 is 5.97 Å². The number of hydrogen-bond donors (Lipinski definition) is 3. The molecule has 3 N–H and O–H groups in total. The molecule has 0 spiro atoms. The summed E-state index contributed by atoms with van der Waals surface area (Å²) >= 11 is 8.10. The Hall–Kier alpha value is -2.64. The fourth-order valence-corrected chi connectivity index (χ4v) is 4.73. The van der Waals surface area contributed by atoms with Crippen molar-refractivity contribution in [2.24, 2.45) is 5.16 Å². The zero-order valence-electron chi connectivity index (χ0n) is 15.4. The fraction of sp³-hybridized carbons (Fsp3) is 0.375. The molecule has 14 heteroatoms. The highest BCUT2D eigenvalue weighted by Gasteiger charge is 2.53. The summed E-state index contributed by atoms with van der Waals surface area (Å²) in [6, 6.07) is -0.873. The normalized spacial score (nSPS) is 21.7. The Balaban J connectivity index is 1.58. The Morgan fingerprint density at radius 3 is 2.93 bits per heavy atom. The molecule has 3 heterocycles. The van der Waals surface area contributed by atoms with Gasteiger partial charge in [-0.05, 0) is 12.5 Å². The van der Waals surface area contributed by atoms with Gasteiger partial charge in [0.1, 0.15) is 34.9 Å². The van der Waals surface area contributed by atoms with E-state index in [1.165, 1.54) is 33.5 Å². The van der Waals surface area contributed by atoms with E-state index in [9.17, 15) is 24.3 Å². The number of carboxylic acids is 1. The van der Waals surface area contributed by atoms with Gasteiger partial charge in [-0.1, -0.05) is 5.16 Å². The Morgan fingerprint density at radius 1 is 1.53 bits per heavy atom. The first-order valence-corrected chi connectivity index (χ1v) is 11.0. The SMILES string of the molecule is CC1=C(C(=O)O)N2C(=O)C(NC(=O)C=NOC(NC(=O)CCl)c3cscn3)[C@@H]2SC1. The van der Waals surface area contributed by atoms with E-state index in [4.69, 9.17) is 16.4 Å². The largest absolute Gasteiger partial charge is 0.477 e. The molecule has 0 saturated carbocycles. The van der Waals surface area contributed by atoms with Gasteiger partial charge in [-0.25, -0.2) is 9.78 Å². The molecule has 2 aliphatic heterocycles. The van der Waals surface area contributed by atoms with Crippen LogP contribution in [0.25, 0.3) is 0 Å². The molecule has 2 unspecified atom stereocenters. The van der Waals surface area contributed by atoms with Gasteiger partial charge in [0.25, 0.3) is 11.8 Å². The number of carbonyl (C=O) groups is 4. The van der Waals surface area contributed by atoms with Crippen molar-refractivity contribution in [2.75, 3.05) is 11.6 Å². The number of nitrogens with zero attached hydrogens (tertiary/aromatic N) is 3. The predicted octanol–water partition coefficient (Wildman–Crippen LogP) is 0.258. The maximum absolute atomic E-state index is 12.3. The lowest BCUT2D eigenvalue weighted by Gasteiger charge is -2.49. The quantitative estimate of drug-likeness (QED) is 0.160. The Kier molecular flexibility index (Phi) is 6.95. The van der Waals surface area contributed by atoms with Crippen molar-refractivity contribution in [2.45, 2.75) is 24.6 Å². The average molecular weight is 474 g/mol. The minimum atomic E-state index is -1.18. The molecule has 30 heavy (non-hydrogen) atoms. The van der Waals surface area contributed by atoms with Crippen LogP contribution in [0.5, 0.6) is 0 Å². The number of carboxylic acid groups (broad SMARTS) is 1. The molecule has 1 fully saturated rings. The molecule has 1 saturated heterocycles. The van der Waals surface area contributed by atoms with Crippen LogP contribution in [0.2, 0.25) is 0 Å². The van der Waals surface area contributed by atoms with Gasteiger partial charge in [-0.3, -0.25) is 19.3 Å². The Bertz CT molecular complexity index is 921. The summed E-state index contributed by atoms with van der Waals surface area (Å²) in [5.41, 5.74) is 2.45. The third-order valence-corrected chi connectivity index (χ3v) is 6.40. The highest BCUT2D eigenvalue weighted by atomic mass is 35.5. The van der Waals surface area contributed by atoms with E-state index in [1.54, 1.807) is 12.3 Å². The summed E-state index contributed by atoms with van der Waals surface area (Å²) in [7, 11) is 0. The van der Waals surface area contributed by atoms with E-state index in [1.807, 2.05) is 0 Å². The third-order valence-electron chi connectivity index (χ3n) is 4.13. The summed E-state index contributed by atoms with van der Waals surface area (Å²) in [5, 5.41) is 18.9. The summed E-state index contributed by atoms with van der Waals surface area (Å²) in [6.45, 7) is 1.65. The summed E-state index contributed by atoms with van der Waals surface area (Å²) in [4.78, 5) is 57.7. The molecule has 0 aromatic carbocycles. The number of fused-ring (bicyclic) bond motifs is 1. The second-order valence-electron chi connectivity index (χ2n) is 6.16. The molecule has 0 radical (unpaired) electrons. The first-order valence-electron chi connectivity index (χ1n) is 8.44. The lowest BCUT2D eigenvalue weighted by atomic mass is 10.0. The fourth-order valence-electron chi connectivity index (χ4n) is 2.80. The Labute approximate surface area is 183 Å². The predicted molar refractivity (Wildman–Crippen MR) is 109 cm³/mol. The highest BCUT2D eigenvalue weighted by Crippen LogP contribution is 2.39. The molecule has 2 aliphatic rings. The van der Waals surface area contributed by atoms with E-state index in [0.29, 0.717) is 17.0 Å². The lowest BCUT2D eigenvalue weighted by molar-refractivity contribution is -0.150. The van der Waals surface area contributed by atoms with Gasteiger partial charge < -0.3 is 20.6 Å². The van der Waals surface area contributed by atoms with E-state index in [-0.39, 0.29) is 11.6 Å². The number of carbonyl (C=O) groups excluding carboxylic acids is 3. The molecule has 11 nitrogen and oxygen atoms in total. The zero-order chi connectivity index (χ0) is 21.8. The number of thioether (sulfide) groups is 1. The van der Waals surface area contributed by atoms with E-state index in [2.05, 4.69) is 20.8 Å². The second-order valence-corrected chi connectivity index (χ2v) is 8.26. The van der Waals surface area contributed by atoms with Gasteiger partial charge in [0.15, 0.2) is 0 Å². The third kappa shape index (κ3) is 4.57. The van der Waals surface area contributed by atoms with Crippen LogP contribution >= 0.6 is 34.7 Å². The first-order chi connectivity index (χ1) is 14.3. The van der Waals surface area contributed by atoms with Crippen LogP contribution in [0.4, 0.5) is 0 Å². The van der Waals surface area contributed by atoms with E-state index >= 15 is 0 Å². The number of hydrogen-bond acceptors (Lipinski definition) is 9. The number of rotatable bonds is 8. The molecule has 1 aromatic heterocycles. The van der Waals surface area contributed by atoms with Gasteiger partial charge in [0.05, 0.1) is 5.51 Å². The number of thiazole rings is 1. The number of amides is 3. The van der Waals surface area contributed by atoms with Crippen LogP contribution in [-0.2, 0) is 24.0 Å². The van der Waals surface area contributed by atoms with Crippen LogP contribution in [0.15, 0.2) is 27.3 Å². The van der Waals surface area contributed by atoms with Gasteiger partial charge in [-0.2, -0.15) is 0 Å². The minimum Gasteiger partial charge on any atom is -0.477 e. The molecule has 0 aliphatic carbocycles. The van der Waals surface area contributed by atoms with Crippen molar-refractivity contribution in [3.8, 4) is 0 Å². The van der Waals surface area contributed by atoms with E-state index in [0.717, 1.165) is 6.21 Å². The molecular formula is C16H16ClN5O6S2. The number of β-lactam (4-membered cyclic amide) rings is 1. The van der Waals surface area contributed by atoms with Crippen LogP contribution in [0.3, 0.4) is 0 Å². The molecule has 3 rings (SSSR count). The summed E-state index contributed by atoms with van der Waals surface area (Å²) < 4.78 is 0. The van der Waals surface area contributed by atoms with Crippen LogP contribution in [-0.4, -0.2) is 67.9 Å². The zero-order valence-corrected chi connectivity index (χ0v) is 17.8.